The zero-order valence-electron chi connectivity index (χ0n) is 11.7. The second kappa shape index (κ2) is 6.37. The number of carboxylic acid groups (broad SMARTS) is 1. The maximum Gasteiger partial charge on any atom is 0.227 e. The quantitative estimate of drug-likeness (QED) is 0.673. The third-order valence-corrected chi connectivity index (χ3v) is 4.56. The van der Waals surface area contributed by atoms with E-state index in [0.29, 0.717) is 17.3 Å². The molecular weight excluding hydrogens is 318 g/mol. The molecule has 4 nitrogen and oxygen atoms in total. The van der Waals surface area contributed by atoms with E-state index in [-0.39, 0.29) is 6.42 Å². The van der Waals surface area contributed by atoms with Crippen LogP contribution >= 0.6 is 23.1 Å². The predicted molar refractivity (Wildman–Crippen MR) is 85.7 cm³/mol. The minimum atomic E-state index is -1.17. The second-order valence-electron chi connectivity index (χ2n) is 4.58. The number of thioether (sulfide) groups is 1. The average Bonchev–Trinajstić information content (AvgIpc) is 3.16. The Bertz CT molecular complexity index is 776. The molecule has 3 rings (SSSR count). The predicted octanol–water partition coefficient (Wildman–Crippen LogP) is 3.08. The maximum absolute atomic E-state index is 10.9. The number of oxazole rings is 1. The fourth-order valence-corrected chi connectivity index (χ4v) is 3.13. The van der Waals surface area contributed by atoms with Crippen molar-refractivity contribution in [2.45, 2.75) is 11.3 Å². The largest absolute Gasteiger partial charge is 0.550 e. The molecule has 0 atom stereocenters. The summed E-state index contributed by atoms with van der Waals surface area (Å²) in [5, 5.41) is 14.7. The van der Waals surface area contributed by atoms with Crippen molar-refractivity contribution >= 4 is 29.1 Å². The summed E-state index contributed by atoms with van der Waals surface area (Å²) in [7, 11) is 0. The number of hydrogen-bond donors (Lipinski definition) is 0. The Morgan fingerprint density at radius 2 is 2.05 bits per heavy atom. The number of benzene rings is 1. The van der Waals surface area contributed by atoms with E-state index in [2.05, 4.69) is 4.98 Å². The maximum atomic E-state index is 10.9. The Morgan fingerprint density at radius 1 is 1.27 bits per heavy atom. The van der Waals surface area contributed by atoms with Crippen LogP contribution in [0.25, 0.3) is 22.8 Å². The van der Waals surface area contributed by atoms with E-state index in [1.54, 1.807) is 11.8 Å². The van der Waals surface area contributed by atoms with Gasteiger partial charge in [0, 0.05) is 33.8 Å². The molecule has 112 valence electrons. The van der Waals surface area contributed by atoms with Crippen molar-refractivity contribution in [1.82, 2.24) is 4.98 Å². The van der Waals surface area contributed by atoms with E-state index < -0.39 is 5.97 Å². The Morgan fingerprint density at radius 3 is 2.64 bits per heavy atom. The molecule has 0 aliphatic heterocycles. The lowest BCUT2D eigenvalue weighted by Crippen LogP contribution is -2.24. The first-order chi connectivity index (χ1) is 10.7. The number of carbonyl (C=O) groups excluding carboxylic acids is 1. The third-order valence-electron chi connectivity index (χ3n) is 3.13. The van der Waals surface area contributed by atoms with Crippen molar-refractivity contribution < 1.29 is 14.3 Å². The van der Waals surface area contributed by atoms with Crippen LogP contribution in [-0.4, -0.2) is 17.2 Å². The topological polar surface area (TPSA) is 66.2 Å². The third kappa shape index (κ3) is 3.08. The molecule has 0 spiro atoms. The molecule has 0 aliphatic carbocycles. The van der Waals surface area contributed by atoms with Gasteiger partial charge in [-0.3, -0.25) is 0 Å². The first-order valence-corrected chi connectivity index (χ1v) is 8.70. The van der Waals surface area contributed by atoms with E-state index in [9.17, 15) is 9.90 Å². The summed E-state index contributed by atoms with van der Waals surface area (Å²) < 4.78 is 5.82. The Kier molecular flexibility index (Phi) is 4.31. The summed E-state index contributed by atoms with van der Waals surface area (Å²) in [6, 6.07) is 9.67. The van der Waals surface area contributed by atoms with Crippen molar-refractivity contribution in [2.75, 3.05) is 6.26 Å². The number of aliphatic carboxylic acids is 1. The van der Waals surface area contributed by atoms with Gasteiger partial charge in [-0.2, -0.15) is 11.3 Å². The van der Waals surface area contributed by atoms with Gasteiger partial charge >= 0.3 is 0 Å². The van der Waals surface area contributed by atoms with Gasteiger partial charge in [-0.25, -0.2) is 4.98 Å². The molecule has 0 aliphatic rings. The van der Waals surface area contributed by atoms with E-state index >= 15 is 0 Å². The molecule has 0 fully saturated rings. The molecule has 0 saturated carbocycles. The fourth-order valence-electron chi connectivity index (χ4n) is 2.08. The molecule has 0 amide bonds. The Balaban J connectivity index is 2.03. The number of rotatable bonds is 5. The number of thiophene rings is 1. The first-order valence-electron chi connectivity index (χ1n) is 6.54. The second-order valence-corrected chi connectivity index (χ2v) is 6.24. The number of carboxylic acids is 1. The van der Waals surface area contributed by atoms with Gasteiger partial charge in [0.05, 0.1) is 5.69 Å². The highest BCUT2D eigenvalue weighted by atomic mass is 32.2. The number of aromatic nitrogens is 1. The van der Waals surface area contributed by atoms with Crippen LogP contribution < -0.4 is 5.11 Å². The highest BCUT2D eigenvalue weighted by molar-refractivity contribution is 7.98. The van der Waals surface area contributed by atoms with Crippen LogP contribution in [0.3, 0.4) is 0 Å². The standard InChI is InChI=1S/C16H13NO3S2/c1-21-12-4-2-10(3-5-12)16-17-13(8-14(18)19)15(20-16)11-6-7-22-9-11/h2-7,9H,8H2,1H3,(H,18,19)/p-1. The fraction of sp³-hybridized carbons (Fsp3) is 0.125. The number of hydrogen-bond acceptors (Lipinski definition) is 6. The molecule has 0 N–H and O–H groups in total. The van der Waals surface area contributed by atoms with E-state index in [0.717, 1.165) is 16.0 Å². The van der Waals surface area contributed by atoms with Crippen molar-refractivity contribution in [1.29, 1.82) is 0 Å². The van der Waals surface area contributed by atoms with Crippen LogP contribution in [-0.2, 0) is 11.2 Å². The minimum absolute atomic E-state index is 0.266. The van der Waals surface area contributed by atoms with E-state index in [1.807, 2.05) is 47.3 Å². The van der Waals surface area contributed by atoms with Gasteiger partial charge in [0.25, 0.3) is 0 Å². The summed E-state index contributed by atoms with van der Waals surface area (Å²) in [5.41, 5.74) is 2.04. The van der Waals surface area contributed by atoms with Gasteiger partial charge in [0.1, 0.15) is 0 Å². The molecule has 3 aromatic rings. The molecular formula is C16H12NO3S2-. The van der Waals surface area contributed by atoms with Gasteiger partial charge < -0.3 is 14.3 Å². The zero-order valence-corrected chi connectivity index (χ0v) is 13.4. The lowest BCUT2D eigenvalue weighted by Gasteiger charge is -1.99. The van der Waals surface area contributed by atoms with Gasteiger partial charge in [-0.15, -0.1) is 11.8 Å². The van der Waals surface area contributed by atoms with Crippen molar-refractivity contribution in [2.24, 2.45) is 0 Å². The van der Waals surface area contributed by atoms with Crippen LogP contribution in [0.5, 0.6) is 0 Å². The van der Waals surface area contributed by atoms with E-state index in [4.69, 9.17) is 4.42 Å². The normalized spacial score (nSPS) is 10.8. The van der Waals surface area contributed by atoms with Crippen LogP contribution in [0.4, 0.5) is 0 Å². The van der Waals surface area contributed by atoms with E-state index in [1.165, 1.54) is 11.3 Å². The van der Waals surface area contributed by atoms with Crippen molar-refractivity contribution in [3.05, 3.63) is 46.8 Å². The van der Waals surface area contributed by atoms with Gasteiger partial charge in [-0.05, 0) is 42.0 Å². The summed E-state index contributed by atoms with van der Waals surface area (Å²) in [5.74, 6) is -0.256. The first kappa shape index (κ1) is 14.9. The Hall–Kier alpha value is -2.05. The molecule has 1 aromatic carbocycles. The highest BCUT2D eigenvalue weighted by Gasteiger charge is 2.16. The van der Waals surface area contributed by atoms with Gasteiger partial charge in [0.2, 0.25) is 5.89 Å². The highest BCUT2D eigenvalue weighted by Crippen LogP contribution is 2.32. The summed E-state index contributed by atoms with van der Waals surface area (Å²) in [6.45, 7) is 0. The van der Waals surface area contributed by atoms with Gasteiger partial charge in [-0.1, -0.05) is 0 Å². The smallest absolute Gasteiger partial charge is 0.227 e. The van der Waals surface area contributed by atoms with Crippen molar-refractivity contribution in [3.63, 3.8) is 0 Å². The number of carbonyl (C=O) groups is 1. The minimum Gasteiger partial charge on any atom is -0.550 e. The molecule has 0 radical (unpaired) electrons. The molecule has 22 heavy (non-hydrogen) atoms. The zero-order chi connectivity index (χ0) is 15.5. The lowest BCUT2D eigenvalue weighted by atomic mass is 10.2. The average molecular weight is 330 g/mol. The molecule has 2 aromatic heterocycles. The monoisotopic (exact) mass is 330 g/mol. The molecule has 6 heteroatoms. The molecule has 2 heterocycles. The molecule has 0 saturated heterocycles. The summed E-state index contributed by atoms with van der Waals surface area (Å²) in [6.07, 6.45) is 1.74. The SMILES string of the molecule is CSc1ccc(-c2nc(CC(=O)[O-])c(-c3ccsc3)o2)cc1. The van der Waals surface area contributed by atoms with Crippen LogP contribution in [0.15, 0.2) is 50.4 Å². The Labute approximate surface area is 135 Å². The number of nitrogens with zero attached hydrogens (tertiary/aromatic N) is 1. The molecule has 0 unspecified atom stereocenters. The van der Waals surface area contributed by atoms with Crippen molar-refractivity contribution in [3.8, 4) is 22.8 Å². The van der Waals surface area contributed by atoms with Crippen LogP contribution in [0, 0.1) is 0 Å². The molecule has 0 bridgehead atoms. The summed E-state index contributed by atoms with van der Waals surface area (Å²) in [4.78, 5) is 16.4. The van der Waals surface area contributed by atoms with Crippen LogP contribution in [0.1, 0.15) is 5.69 Å². The van der Waals surface area contributed by atoms with Crippen LogP contribution in [0.2, 0.25) is 0 Å². The van der Waals surface area contributed by atoms with Gasteiger partial charge in [0.15, 0.2) is 5.76 Å². The summed E-state index contributed by atoms with van der Waals surface area (Å²) >= 11 is 3.17. The lowest BCUT2D eigenvalue weighted by molar-refractivity contribution is -0.304.